The zero-order chi connectivity index (χ0) is 23.1. The summed E-state index contributed by atoms with van der Waals surface area (Å²) in [6, 6.07) is 14.3. The van der Waals surface area contributed by atoms with E-state index in [-0.39, 0.29) is 29.4 Å². The Morgan fingerprint density at radius 3 is 2.67 bits per heavy atom. The number of aromatic amines is 1. The molecular formula is C22H15BrN6O3S. The Morgan fingerprint density at radius 1 is 1.18 bits per heavy atom. The van der Waals surface area contributed by atoms with E-state index >= 15 is 0 Å². The van der Waals surface area contributed by atoms with Gasteiger partial charge in [0.15, 0.2) is 11.5 Å². The highest BCUT2D eigenvalue weighted by atomic mass is 79.9. The zero-order valence-electron chi connectivity index (χ0n) is 16.8. The summed E-state index contributed by atoms with van der Waals surface area (Å²) in [4.78, 5) is 29.4. The Balaban J connectivity index is 1.38. The molecule has 33 heavy (non-hydrogen) atoms. The molecule has 0 radical (unpaired) electrons. The topological polar surface area (TPSA) is 135 Å². The van der Waals surface area contributed by atoms with Gasteiger partial charge >= 0.3 is 0 Å². The van der Waals surface area contributed by atoms with Crippen LogP contribution in [0.15, 0.2) is 68.9 Å². The summed E-state index contributed by atoms with van der Waals surface area (Å²) in [5.41, 5.74) is 4.08. The molecule has 0 saturated heterocycles. The molecule has 1 aliphatic heterocycles. The Morgan fingerprint density at radius 2 is 1.91 bits per heavy atom. The fourth-order valence-corrected chi connectivity index (χ4v) is 4.66. The van der Waals surface area contributed by atoms with Crippen LogP contribution < -0.4 is 11.0 Å². The Bertz CT molecular complexity index is 1510. The average Bonchev–Trinajstić information content (AvgIpc) is 3.39. The van der Waals surface area contributed by atoms with E-state index in [0.717, 1.165) is 15.7 Å². The Hall–Kier alpha value is -3.83. The third-order valence-corrected chi connectivity index (χ3v) is 6.50. The summed E-state index contributed by atoms with van der Waals surface area (Å²) in [7, 11) is 0. The van der Waals surface area contributed by atoms with Gasteiger partial charge in [0, 0.05) is 20.8 Å². The second-order valence-electron chi connectivity index (χ2n) is 7.19. The maximum Gasteiger partial charge on any atom is 0.290 e. The Kier molecular flexibility index (Phi) is 5.27. The monoisotopic (exact) mass is 522 g/mol. The second-order valence-corrected chi connectivity index (χ2v) is 8.96. The molecule has 5 rings (SSSR count). The third kappa shape index (κ3) is 3.81. The molecule has 4 N–H and O–H groups in total. The van der Waals surface area contributed by atoms with Crippen molar-refractivity contribution in [1.82, 2.24) is 25.6 Å². The molecule has 1 amide bonds. The molecule has 0 unspecified atom stereocenters. The maximum atomic E-state index is 12.9. The normalized spacial score (nSPS) is 13.7. The minimum Gasteiger partial charge on any atom is -0.509 e. The molecule has 3 heterocycles. The standard InChI is InChI=1S/C22H15BrN6O3S/c23-12-7-5-11(6-8-12)15-10-33-22(25-15)17-16(30)9-29(19(17)24)28-21(32)18-13-3-1-2-4-14(13)20(31)27-26-18/h1-8,10,24,30H,9H2,(H,27,31)(H,28,32). The second kappa shape index (κ2) is 8.26. The molecule has 2 aromatic heterocycles. The number of aromatic nitrogens is 3. The van der Waals surface area contributed by atoms with Crippen LogP contribution in [0.4, 0.5) is 0 Å². The van der Waals surface area contributed by atoms with Crippen molar-refractivity contribution in [2.45, 2.75) is 0 Å². The van der Waals surface area contributed by atoms with E-state index < -0.39 is 11.5 Å². The number of hydrogen-bond acceptors (Lipinski definition) is 7. The van der Waals surface area contributed by atoms with Gasteiger partial charge in [-0.25, -0.2) is 10.1 Å². The molecule has 1 aliphatic rings. The number of carbonyl (C=O) groups is 1. The van der Waals surface area contributed by atoms with Crippen molar-refractivity contribution in [3.05, 3.63) is 85.2 Å². The van der Waals surface area contributed by atoms with Crippen molar-refractivity contribution in [1.29, 1.82) is 5.41 Å². The number of benzene rings is 2. The molecule has 9 nitrogen and oxygen atoms in total. The van der Waals surface area contributed by atoms with Crippen LogP contribution in [0.2, 0.25) is 0 Å². The first-order chi connectivity index (χ1) is 15.9. The fraction of sp³-hybridized carbons (Fsp3) is 0.0455. The minimum atomic E-state index is -0.615. The number of nitrogens with zero attached hydrogens (tertiary/aromatic N) is 3. The van der Waals surface area contributed by atoms with Crippen molar-refractivity contribution in [3.8, 4) is 11.3 Å². The smallest absolute Gasteiger partial charge is 0.290 e. The lowest BCUT2D eigenvalue weighted by Gasteiger charge is -2.19. The minimum absolute atomic E-state index is 0.0118. The van der Waals surface area contributed by atoms with Crippen molar-refractivity contribution >= 4 is 55.4 Å². The fourth-order valence-electron chi connectivity index (χ4n) is 3.50. The lowest BCUT2D eigenvalue weighted by atomic mass is 10.1. The molecule has 2 aromatic carbocycles. The van der Waals surface area contributed by atoms with E-state index in [2.05, 4.69) is 36.5 Å². The third-order valence-electron chi connectivity index (χ3n) is 5.11. The average molecular weight is 523 g/mol. The van der Waals surface area contributed by atoms with Gasteiger partial charge in [0.1, 0.15) is 10.8 Å². The number of rotatable bonds is 4. The first-order valence-corrected chi connectivity index (χ1v) is 11.4. The van der Waals surface area contributed by atoms with Crippen molar-refractivity contribution in [2.75, 3.05) is 6.54 Å². The van der Waals surface area contributed by atoms with Gasteiger partial charge in [0.05, 0.1) is 23.2 Å². The van der Waals surface area contributed by atoms with E-state index in [0.29, 0.717) is 15.8 Å². The van der Waals surface area contributed by atoms with Crippen molar-refractivity contribution in [3.63, 3.8) is 0 Å². The van der Waals surface area contributed by atoms with Crippen LogP contribution in [-0.4, -0.2) is 43.6 Å². The van der Waals surface area contributed by atoms with Crippen LogP contribution in [0.1, 0.15) is 15.5 Å². The highest BCUT2D eigenvalue weighted by Crippen LogP contribution is 2.32. The number of amides is 1. The van der Waals surface area contributed by atoms with E-state index in [9.17, 15) is 14.7 Å². The number of H-pyrrole nitrogens is 1. The van der Waals surface area contributed by atoms with Crippen molar-refractivity contribution in [2.24, 2.45) is 0 Å². The van der Waals surface area contributed by atoms with Gasteiger partial charge < -0.3 is 5.11 Å². The van der Waals surface area contributed by atoms with Crippen LogP contribution >= 0.6 is 27.3 Å². The number of hydrogen-bond donors (Lipinski definition) is 4. The summed E-state index contributed by atoms with van der Waals surface area (Å²) >= 11 is 4.71. The molecule has 0 saturated carbocycles. The molecule has 0 fully saturated rings. The predicted octanol–water partition coefficient (Wildman–Crippen LogP) is 3.72. The van der Waals surface area contributed by atoms with E-state index in [1.165, 1.54) is 16.3 Å². The number of amidine groups is 1. The molecule has 4 aromatic rings. The number of thiazole rings is 1. The maximum absolute atomic E-state index is 12.9. The van der Waals surface area contributed by atoms with Gasteiger partial charge in [-0.3, -0.25) is 25.4 Å². The van der Waals surface area contributed by atoms with Crippen LogP contribution in [0.3, 0.4) is 0 Å². The largest absolute Gasteiger partial charge is 0.509 e. The Labute approximate surface area is 199 Å². The number of hydrazine groups is 1. The van der Waals surface area contributed by atoms with Gasteiger partial charge in [-0.15, -0.1) is 11.3 Å². The van der Waals surface area contributed by atoms with Crippen LogP contribution in [0.25, 0.3) is 27.6 Å². The molecule has 164 valence electrons. The lowest BCUT2D eigenvalue weighted by molar-refractivity contribution is 0.0870. The number of aliphatic hydroxyl groups excluding tert-OH is 1. The summed E-state index contributed by atoms with van der Waals surface area (Å²) in [5, 5.41) is 29.5. The summed E-state index contributed by atoms with van der Waals surface area (Å²) in [6.45, 7) is -0.0889. The van der Waals surface area contributed by atoms with E-state index in [1.54, 1.807) is 24.3 Å². The summed E-state index contributed by atoms with van der Waals surface area (Å²) < 4.78 is 0.954. The van der Waals surface area contributed by atoms with Gasteiger partial charge in [0.2, 0.25) is 0 Å². The number of nitrogens with one attached hydrogen (secondary N) is 3. The quantitative estimate of drug-likeness (QED) is 0.322. The molecule has 11 heteroatoms. The number of fused-ring (bicyclic) bond motifs is 1. The van der Waals surface area contributed by atoms with Crippen LogP contribution in [-0.2, 0) is 0 Å². The lowest BCUT2D eigenvalue weighted by Crippen LogP contribution is -2.44. The first kappa shape index (κ1) is 21.0. The number of carbonyl (C=O) groups excluding carboxylic acids is 1. The van der Waals surface area contributed by atoms with Gasteiger partial charge in [0.25, 0.3) is 11.5 Å². The van der Waals surface area contributed by atoms with Gasteiger partial charge in [-0.1, -0.05) is 46.3 Å². The molecule has 0 spiro atoms. The predicted molar refractivity (Wildman–Crippen MR) is 129 cm³/mol. The first-order valence-electron chi connectivity index (χ1n) is 9.71. The molecular weight excluding hydrogens is 508 g/mol. The molecule has 0 aliphatic carbocycles. The SMILES string of the molecule is N=C1C(c2nc(-c3ccc(Br)cc3)cs2)=C(O)CN1NC(=O)c1n[nH]c(=O)c2ccccc12. The molecule has 0 bridgehead atoms. The highest BCUT2D eigenvalue weighted by molar-refractivity contribution is 9.10. The van der Waals surface area contributed by atoms with Crippen LogP contribution in [0, 0.1) is 5.41 Å². The number of aliphatic hydroxyl groups is 1. The van der Waals surface area contributed by atoms with Gasteiger partial charge in [-0.2, -0.15) is 5.10 Å². The number of halogens is 1. The van der Waals surface area contributed by atoms with Crippen molar-refractivity contribution < 1.29 is 9.90 Å². The van der Waals surface area contributed by atoms with E-state index in [4.69, 9.17) is 5.41 Å². The van der Waals surface area contributed by atoms with Crippen LogP contribution in [0.5, 0.6) is 0 Å². The summed E-state index contributed by atoms with van der Waals surface area (Å²) in [5.74, 6) is -0.779. The summed E-state index contributed by atoms with van der Waals surface area (Å²) in [6.07, 6.45) is 0. The van der Waals surface area contributed by atoms with Gasteiger partial charge in [-0.05, 0) is 18.2 Å². The zero-order valence-corrected chi connectivity index (χ0v) is 19.2. The van der Waals surface area contributed by atoms with E-state index in [1.807, 2.05) is 29.6 Å². The molecule has 0 atom stereocenters. The highest BCUT2D eigenvalue weighted by Gasteiger charge is 2.32.